The van der Waals surface area contributed by atoms with Crippen molar-refractivity contribution in [2.24, 2.45) is 0 Å². The van der Waals surface area contributed by atoms with E-state index >= 15 is 0 Å². The number of nitrogens with one attached hydrogen (secondary N) is 1. The Balaban J connectivity index is 1.72. The molecule has 14 heteroatoms. The zero-order valence-electron chi connectivity index (χ0n) is 27.3. The van der Waals surface area contributed by atoms with Crippen LogP contribution in [0, 0.1) is 0 Å². The van der Waals surface area contributed by atoms with Gasteiger partial charge < -0.3 is 38.5 Å². The molecule has 3 aromatic carbocycles. The van der Waals surface area contributed by atoms with Gasteiger partial charge in [0.25, 0.3) is 0 Å². The molecule has 0 bridgehead atoms. The van der Waals surface area contributed by atoms with Gasteiger partial charge >= 0.3 is 23.8 Å². The molecular weight excluding hydrogens is 642 g/mol. The minimum absolute atomic E-state index is 0.0143. The number of ether oxygens (including phenoxy) is 7. The third kappa shape index (κ3) is 6.98. The standard InChI is InChI=1S/C34H35N3O10S/c1-7-44-29(38)18-35-33(40)47-34(22-9-11-23(41-4)12-10-22)24(14-20-15-27(42-5)31(43-6)28(16-20)45-19(2)3)30(32(39)46-34)21-8-13-25-26(17-21)37-48-36-25/h8-13,15-17,19H,7,14,18H2,1-6H3,(H,35,40). The van der Waals surface area contributed by atoms with E-state index in [0.717, 1.165) is 11.7 Å². The maximum absolute atomic E-state index is 14.0. The number of carbonyl (C=O) groups is 3. The van der Waals surface area contributed by atoms with Gasteiger partial charge in [-0.25, -0.2) is 9.59 Å². The maximum atomic E-state index is 14.0. The number of nitrogens with zero attached hydrogens (tertiary/aromatic N) is 2. The van der Waals surface area contributed by atoms with Gasteiger partial charge in [0, 0.05) is 17.6 Å². The molecule has 48 heavy (non-hydrogen) atoms. The molecule has 0 saturated carbocycles. The third-order valence-electron chi connectivity index (χ3n) is 7.32. The van der Waals surface area contributed by atoms with Crippen molar-refractivity contribution in [3.8, 4) is 23.0 Å². The fraction of sp³-hybridized carbons (Fsp3) is 0.324. The monoisotopic (exact) mass is 677 g/mol. The Morgan fingerprint density at radius 2 is 1.67 bits per heavy atom. The van der Waals surface area contributed by atoms with Crippen LogP contribution in [-0.2, 0) is 36.0 Å². The molecule has 1 N–H and O–H groups in total. The van der Waals surface area contributed by atoms with Crippen molar-refractivity contribution in [3.05, 3.63) is 76.9 Å². The molecule has 1 atom stereocenters. The molecule has 0 radical (unpaired) electrons. The number of hydrogen-bond acceptors (Lipinski definition) is 13. The molecule has 0 spiro atoms. The van der Waals surface area contributed by atoms with Crippen molar-refractivity contribution in [3.63, 3.8) is 0 Å². The molecule has 4 aromatic rings. The molecule has 1 aliphatic heterocycles. The summed E-state index contributed by atoms with van der Waals surface area (Å²) in [6.07, 6.45) is -1.21. The highest BCUT2D eigenvalue weighted by atomic mass is 32.1. The normalized spacial score (nSPS) is 15.7. The molecule has 1 aliphatic rings. The summed E-state index contributed by atoms with van der Waals surface area (Å²) >= 11 is 1.04. The smallest absolute Gasteiger partial charge is 0.411 e. The van der Waals surface area contributed by atoms with Gasteiger partial charge in [-0.05, 0) is 80.4 Å². The fourth-order valence-electron chi connectivity index (χ4n) is 5.30. The summed E-state index contributed by atoms with van der Waals surface area (Å²) in [4.78, 5) is 39.5. The highest BCUT2D eigenvalue weighted by Gasteiger charge is 2.53. The SMILES string of the molecule is CCOC(=O)CNC(=O)OC1(c2ccc(OC)cc2)OC(=O)C(c2ccc3nsnc3c2)=C1Cc1cc(OC)c(OC)c(OC(C)C)c1. The van der Waals surface area contributed by atoms with Crippen LogP contribution >= 0.6 is 11.7 Å². The van der Waals surface area contributed by atoms with Crippen molar-refractivity contribution in [2.45, 2.75) is 39.1 Å². The number of rotatable bonds is 13. The molecule has 0 fully saturated rings. The summed E-state index contributed by atoms with van der Waals surface area (Å²) in [7, 11) is 4.53. The van der Waals surface area contributed by atoms with Crippen LogP contribution in [-0.4, -0.2) is 67.4 Å². The van der Waals surface area contributed by atoms with E-state index in [1.165, 1.54) is 21.3 Å². The van der Waals surface area contributed by atoms with E-state index in [0.29, 0.717) is 50.7 Å². The summed E-state index contributed by atoms with van der Waals surface area (Å²) in [5.41, 5.74) is 3.08. The van der Waals surface area contributed by atoms with E-state index in [1.54, 1.807) is 61.5 Å². The second kappa shape index (κ2) is 14.6. The number of cyclic esters (lactones) is 1. The first-order valence-electron chi connectivity index (χ1n) is 15.0. The molecule has 5 rings (SSSR count). The Labute approximate surface area is 281 Å². The average Bonchev–Trinajstić information content (AvgIpc) is 3.65. The zero-order valence-corrected chi connectivity index (χ0v) is 28.1. The lowest BCUT2D eigenvalue weighted by atomic mass is 9.87. The van der Waals surface area contributed by atoms with Crippen LogP contribution in [0.3, 0.4) is 0 Å². The van der Waals surface area contributed by atoms with Gasteiger partial charge in [0.15, 0.2) is 11.5 Å². The Morgan fingerprint density at radius 3 is 2.33 bits per heavy atom. The second-order valence-electron chi connectivity index (χ2n) is 10.8. The number of benzene rings is 3. The maximum Gasteiger partial charge on any atom is 0.411 e. The van der Waals surface area contributed by atoms with Gasteiger partial charge in [-0.15, -0.1) is 0 Å². The number of alkyl carbamates (subject to hydrolysis) is 1. The number of carbonyl (C=O) groups excluding carboxylic acids is 3. The van der Waals surface area contributed by atoms with Crippen LogP contribution in [0.4, 0.5) is 4.79 Å². The van der Waals surface area contributed by atoms with E-state index in [-0.39, 0.29) is 30.3 Å². The van der Waals surface area contributed by atoms with Crippen molar-refractivity contribution in [1.82, 2.24) is 14.1 Å². The Morgan fingerprint density at radius 1 is 0.938 bits per heavy atom. The molecule has 1 amide bonds. The molecule has 13 nitrogen and oxygen atoms in total. The third-order valence-corrected chi connectivity index (χ3v) is 7.88. The van der Waals surface area contributed by atoms with Gasteiger partial charge in [0.05, 0.1) is 51.3 Å². The quantitative estimate of drug-likeness (QED) is 0.185. The largest absolute Gasteiger partial charge is 0.497 e. The summed E-state index contributed by atoms with van der Waals surface area (Å²) in [6.45, 7) is 5.07. The highest BCUT2D eigenvalue weighted by molar-refractivity contribution is 7.00. The van der Waals surface area contributed by atoms with E-state index in [9.17, 15) is 14.4 Å². The number of aromatic nitrogens is 2. The van der Waals surface area contributed by atoms with E-state index < -0.39 is 30.4 Å². The van der Waals surface area contributed by atoms with Crippen LogP contribution < -0.4 is 24.3 Å². The van der Waals surface area contributed by atoms with E-state index in [2.05, 4.69) is 14.1 Å². The number of methoxy groups -OCH3 is 3. The lowest BCUT2D eigenvalue weighted by molar-refractivity contribution is -0.185. The molecule has 0 saturated heterocycles. The van der Waals surface area contributed by atoms with Gasteiger partial charge in [0.1, 0.15) is 23.3 Å². The van der Waals surface area contributed by atoms with Gasteiger partial charge in [-0.3, -0.25) is 4.79 Å². The minimum atomic E-state index is -2.08. The van der Waals surface area contributed by atoms with Crippen LogP contribution in [0.2, 0.25) is 0 Å². The zero-order chi connectivity index (χ0) is 34.4. The van der Waals surface area contributed by atoms with Crippen LogP contribution in [0.5, 0.6) is 23.0 Å². The van der Waals surface area contributed by atoms with Crippen LogP contribution in [0.1, 0.15) is 37.5 Å². The summed E-state index contributed by atoms with van der Waals surface area (Å²) in [5.74, 6) is -1.79. The predicted molar refractivity (Wildman–Crippen MR) is 175 cm³/mol. The fourth-order valence-corrected chi connectivity index (χ4v) is 5.82. The summed E-state index contributed by atoms with van der Waals surface area (Å²) < 4.78 is 48.4. The van der Waals surface area contributed by atoms with Gasteiger partial charge in [0.2, 0.25) is 5.75 Å². The molecule has 0 aliphatic carbocycles. The second-order valence-corrected chi connectivity index (χ2v) is 11.3. The molecular formula is C34H35N3O10S. The van der Waals surface area contributed by atoms with Crippen LogP contribution in [0.15, 0.2) is 60.2 Å². The first kappa shape index (κ1) is 34.0. The number of esters is 2. The van der Waals surface area contributed by atoms with Crippen molar-refractivity contribution < 1.29 is 47.5 Å². The first-order valence-corrected chi connectivity index (χ1v) is 15.7. The van der Waals surface area contributed by atoms with E-state index in [4.69, 9.17) is 33.2 Å². The minimum Gasteiger partial charge on any atom is -0.497 e. The molecule has 1 aromatic heterocycles. The summed E-state index contributed by atoms with van der Waals surface area (Å²) in [5, 5.41) is 2.40. The molecule has 252 valence electrons. The molecule has 2 heterocycles. The first-order chi connectivity index (χ1) is 23.1. The number of amides is 1. The topological polar surface area (TPSA) is 154 Å². The van der Waals surface area contributed by atoms with Crippen LogP contribution in [0.25, 0.3) is 16.6 Å². The predicted octanol–water partition coefficient (Wildman–Crippen LogP) is 5.20. The Bertz CT molecular complexity index is 1850. The van der Waals surface area contributed by atoms with Crippen molar-refractivity contribution >= 4 is 46.4 Å². The average molecular weight is 678 g/mol. The van der Waals surface area contributed by atoms with Crippen molar-refractivity contribution in [2.75, 3.05) is 34.5 Å². The van der Waals surface area contributed by atoms with Crippen molar-refractivity contribution in [1.29, 1.82) is 0 Å². The Kier molecular flexibility index (Phi) is 10.3. The van der Waals surface area contributed by atoms with Gasteiger partial charge in [-0.1, -0.05) is 6.07 Å². The lowest BCUT2D eigenvalue weighted by Gasteiger charge is -2.31. The lowest BCUT2D eigenvalue weighted by Crippen LogP contribution is -2.41. The number of fused-ring (bicyclic) bond motifs is 1. The summed E-state index contributed by atoms with van der Waals surface area (Å²) in [6, 6.07) is 15.3. The highest BCUT2D eigenvalue weighted by Crippen LogP contribution is 2.49. The Hall–Kier alpha value is -5.37. The van der Waals surface area contributed by atoms with E-state index in [1.807, 2.05) is 13.8 Å². The molecule has 1 unspecified atom stereocenters. The van der Waals surface area contributed by atoms with Gasteiger partial charge in [-0.2, -0.15) is 8.75 Å². The number of hydrogen-bond donors (Lipinski definition) is 1.